The molecule has 1 N–H and O–H groups in total. The molecule has 33 heavy (non-hydrogen) atoms. The van der Waals surface area contributed by atoms with Crippen LogP contribution in [0.4, 0.5) is 19.1 Å². The Morgan fingerprint density at radius 1 is 1.15 bits per heavy atom. The number of nitrogens with one attached hydrogen (secondary N) is 1. The first-order valence-electron chi connectivity index (χ1n) is 11.3. The van der Waals surface area contributed by atoms with Gasteiger partial charge in [0, 0.05) is 38.2 Å². The molecule has 12 heteroatoms. The number of rotatable bonds is 6. The highest BCUT2D eigenvalue weighted by molar-refractivity contribution is 5.36. The zero-order valence-corrected chi connectivity index (χ0v) is 18.3. The Balaban J connectivity index is 1.29. The fourth-order valence-electron chi connectivity index (χ4n) is 4.72. The van der Waals surface area contributed by atoms with Gasteiger partial charge < -0.3 is 24.1 Å². The Labute approximate surface area is 189 Å². The van der Waals surface area contributed by atoms with E-state index in [1.807, 2.05) is 0 Å². The summed E-state index contributed by atoms with van der Waals surface area (Å²) >= 11 is 0. The summed E-state index contributed by atoms with van der Waals surface area (Å²) in [4.78, 5) is 7.99. The second kappa shape index (κ2) is 9.05. The van der Waals surface area contributed by atoms with E-state index in [1.54, 1.807) is 7.11 Å². The smallest absolute Gasteiger partial charge is 0.423 e. The van der Waals surface area contributed by atoms with E-state index in [-0.39, 0.29) is 37.2 Å². The van der Waals surface area contributed by atoms with Crippen LogP contribution < -0.4 is 10.1 Å². The van der Waals surface area contributed by atoms with Gasteiger partial charge in [0.15, 0.2) is 0 Å². The van der Waals surface area contributed by atoms with Crippen LogP contribution in [0.1, 0.15) is 55.2 Å². The lowest BCUT2D eigenvalue weighted by molar-refractivity contribution is -0.142. The molecule has 3 atom stereocenters. The molecular formula is C21H27F3N6O3. The van der Waals surface area contributed by atoms with Crippen molar-refractivity contribution >= 4 is 5.95 Å². The molecule has 5 rings (SSSR count). The Hall–Kier alpha value is -2.47. The van der Waals surface area contributed by atoms with Crippen molar-refractivity contribution in [2.75, 3.05) is 25.6 Å². The van der Waals surface area contributed by atoms with Crippen molar-refractivity contribution in [3.63, 3.8) is 0 Å². The lowest BCUT2D eigenvalue weighted by Gasteiger charge is -2.31. The summed E-state index contributed by atoms with van der Waals surface area (Å²) in [6, 6.07) is 0.0173. The first kappa shape index (κ1) is 22.3. The fourth-order valence-corrected chi connectivity index (χ4v) is 4.72. The maximum absolute atomic E-state index is 13.4. The topological polar surface area (TPSA) is 96.2 Å². The van der Waals surface area contributed by atoms with Crippen LogP contribution in [0.3, 0.4) is 0 Å². The summed E-state index contributed by atoms with van der Waals surface area (Å²) in [5, 5.41) is 12.1. The maximum atomic E-state index is 13.4. The second-order valence-electron chi connectivity index (χ2n) is 8.87. The number of hydrogen-bond donors (Lipinski definition) is 1. The Bertz CT molecular complexity index is 981. The molecule has 9 nitrogen and oxygen atoms in total. The lowest BCUT2D eigenvalue weighted by Crippen LogP contribution is -2.39. The first-order valence-corrected chi connectivity index (χ1v) is 11.3. The van der Waals surface area contributed by atoms with Crippen LogP contribution in [0.25, 0.3) is 0 Å². The molecule has 2 aromatic heterocycles. The summed E-state index contributed by atoms with van der Waals surface area (Å²) in [5.74, 6) is 1.82. The van der Waals surface area contributed by atoms with Gasteiger partial charge in [-0.15, -0.1) is 10.2 Å². The van der Waals surface area contributed by atoms with Gasteiger partial charge in [-0.1, -0.05) is 6.42 Å². The van der Waals surface area contributed by atoms with Crippen LogP contribution in [0, 0.1) is 0 Å². The largest absolute Gasteiger partial charge is 0.469 e. The van der Waals surface area contributed by atoms with E-state index in [1.165, 1.54) is 0 Å². The van der Waals surface area contributed by atoms with Crippen molar-refractivity contribution in [3.8, 4) is 5.88 Å². The summed E-state index contributed by atoms with van der Waals surface area (Å²) < 4.78 is 58.2. The summed E-state index contributed by atoms with van der Waals surface area (Å²) in [5.41, 5.74) is -0.981. The number of nitrogens with zero attached hydrogens (tertiary/aromatic N) is 5. The van der Waals surface area contributed by atoms with E-state index >= 15 is 0 Å². The SMILES string of the molecule is CO[C@@H]1CCn2c(nnc2[C@H]2CCC[C@@H](Nc3ncc(C(F)(F)F)c(OC4COC4)n3)C2)C1. The van der Waals surface area contributed by atoms with E-state index in [0.29, 0.717) is 0 Å². The highest BCUT2D eigenvalue weighted by atomic mass is 19.4. The lowest BCUT2D eigenvalue weighted by atomic mass is 9.85. The number of alkyl halides is 3. The standard InChI is InChI=1S/C21H27F3N6O3/c1-31-14-5-6-30-17(8-14)28-29-18(30)12-3-2-4-13(7-12)26-20-25-9-16(21(22,23)24)19(27-20)33-15-10-32-11-15/h9,12-15H,2-8,10-11H2,1H3,(H,25,26,27)/t12-,13+,14+/m0/s1. The normalized spacial score (nSPS) is 25.9. The van der Waals surface area contributed by atoms with Gasteiger partial charge in [-0.2, -0.15) is 18.2 Å². The average Bonchev–Trinajstić information content (AvgIpc) is 3.19. The van der Waals surface area contributed by atoms with Crippen molar-refractivity contribution in [3.05, 3.63) is 23.4 Å². The van der Waals surface area contributed by atoms with Crippen LogP contribution in [0.2, 0.25) is 0 Å². The van der Waals surface area contributed by atoms with Crippen molar-refractivity contribution in [1.29, 1.82) is 0 Å². The molecule has 1 saturated carbocycles. The van der Waals surface area contributed by atoms with Crippen LogP contribution in [0.5, 0.6) is 5.88 Å². The monoisotopic (exact) mass is 468 g/mol. The molecule has 180 valence electrons. The number of halogens is 3. The summed E-state index contributed by atoms with van der Waals surface area (Å²) in [6.07, 6.45) is 1.24. The molecule has 0 unspecified atom stereocenters. The minimum absolute atomic E-state index is 0.0173. The third-order valence-corrected chi connectivity index (χ3v) is 6.59. The van der Waals surface area contributed by atoms with E-state index in [4.69, 9.17) is 14.2 Å². The van der Waals surface area contributed by atoms with E-state index in [9.17, 15) is 13.2 Å². The molecular weight excluding hydrogens is 441 g/mol. The van der Waals surface area contributed by atoms with Crippen molar-refractivity contribution in [1.82, 2.24) is 24.7 Å². The summed E-state index contributed by atoms with van der Waals surface area (Å²) in [6.45, 7) is 1.34. The Morgan fingerprint density at radius 2 is 2.00 bits per heavy atom. The molecule has 0 bridgehead atoms. The molecule has 3 aliphatic rings. The molecule has 1 aliphatic carbocycles. The van der Waals surface area contributed by atoms with E-state index in [0.717, 1.165) is 62.9 Å². The minimum Gasteiger partial charge on any atom is -0.469 e. The highest BCUT2D eigenvalue weighted by Crippen LogP contribution is 2.37. The van der Waals surface area contributed by atoms with Crippen molar-refractivity contribution in [2.24, 2.45) is 0 Å². The molecule has 1 saturated heterocycles. The quantitative estimate of drug-likeness (QED) is 0.692. The molecule has 4 heterocycles. The molecule has 0 aromatic carbocycles. The zero-order valence-electron chi connectivity index (χ0n) is 18.3. The Kier molecular flexibility index (Phi) is 6.12. The summed E-state index contributed by atoms with van der Waals surface area (Å²) in [7, 11) is 1.72. The maximum Gasteiger partial charge on any atom is 0.423 e. The highest BCUT2D eigenvalue weighted by Gasteiger charge is 2.38. The van der Waals surface area contributed by atoms with E-state index < -0.39 is 23.7 Å². The van der Waals surface area contributed by atoms with E-state index in [2.05, 4.69) is 30.0 Å². The predicted molar refractivity (Wildman–Crippen MR) is 110 cm³/mol. The predicted octanol–water partition coefficient (Wildman–Crippen LogP) is 2.96. The minimum atomic E-state index is -4.59. The Morgan fingerprint density at radius 3 is 2.73 bits per heavy atom. The first-order chi connectivity index (χ1) is 15.9. The molecule has 0 amide bonds. The molecule has 2 fully saturated rings. The third-order valence-electron chi connectivity index (χ3n) is 6.59. The fraction of sp³-hybridized carbons (Fsp3) is 0.714. The van der Waals surface area contributed by atoms with Gasteiger partial charge in [0.05, 0.1) is 19.3 Å². The number of methoxy groups -OCH3 is 1. The second-order valence-corrected chi connectivity index (χ2v) is 8.87. The van der Waals surface area contributed by atoms with Gasteiger partial charge in [0.2, 0.25) is 11.8 Å². The molecule has 2 aliphatic heterocycles. The van der Waals surface area contributed by atoms with Gasteiger partial charge >= 0.3 is 6.18 Å². The van der Waals surface area contributed by atoms with Gasteiger partial charge in [-0.25, -0.2) is 4.98 Å². The van der Waals surface area contributed by atoms with Crippen LogP contribution in [-0.2, 0) is 28.6 Å². The van der Waals surface area contributed by atoms with Crippen molar-refractivity contribution in [2.45, 2.75) is 75.4 Å². The average molecular weight is 468 g/mol. The number of hydrogen-bond acceptors (Lipinski definition) is 8. The number of ether oxygens (including phenoxy) is 3. The molecule has 0 radical (unpaired) electrons. The number of anilines is 1. The van der Waals surface area contributed by atoms with Gasteiger partial charge in [-0.05, 0) is 25.7 Å². The number of fused-ring (bicyclic) bond motifs is 1. The molecule has 2 aromatic rings. The van der Waals surface area contributed by atoms with Crippen LogP contribution >= 0.6 is 0 Å². The van der Waals surface area contributed by atoms with Gasteiger partial charge in [0.1, 0.15) is 23.3 Å². The number of aromatic nitrogens is 5. The van der Waals surface area contributed by atoms with Crippen molar-refractivity contribution < 1.29 is 27.4 Å². The van der Waals surface area contributed by atoms with Crippen LogP contribution in [0.15, 0.2) is 6.20 Å². The molecule has 0 spiro atoms. The van der Waals surface area contributed by atoms with Gasteiger partial charge in [0.25, 0.3) is 0 Å². The zero-order chi connectivity index (χ0) is 23.0. The van der Waals surface area contributed by atoms with Gasteiger partial charge in [-0.3, -0.25) is 0 Å². The third kappa shape index (κ3) is 4.77. The van der Waals surface area contributed by atoms with Crippen LogP contribution in [-0.4, -0.2) is 63.3 Å².